The number of alkyl halides is 1. The summed E-state index contributed by atoms with van der Waals surface area (Å²) in [5.74, 6) is 0.0591. The molecule has 2 aromatic carbocycles. The van der Waals surface area contributed by atoms with Crippen molar-refractivity contribution in [3.8, 4) is 0 Å². The summed E-state index contributed by atoms with van der Waals surface area (Å²) in [7, 11) is 0. The summed E-state index contributed by atoms with van der Waals surface area (Å²) in [6, 6.07) is 14.9. The van der Waals surface area contributed by atoms with Crippen molar-refractivity contribution in [3.63, 3.8) is 0 Å². The minimum atomic E-state index is -0.338. The molecule has 0 heterocycles. The molecule has 150 valence electrons. The molecule has 0 saturated carbocycles. The highest BCUT2D eigenvalue weighted by Gasteiger charge is 2.16. The molecule has 2 rings (SSSR count). The first-order chi connectivity index (χ1) is 13.5. The van der Waals surface area contributed by atoms with Crippen LogP contribution in [-0.4, -0.2) is 47.8 Å². The summed E-state index contributed by atoms with van der Waals surface area (Å²) in [6.07, 6.45) is 0. The first-order valence-corrected chi connectivity index (χ1v) is 10.3. The van der Waals surface area contributed by atoms with Crippen LogP contribution in [0.2, 0.25) is 0 Å². The molecule has 5 heteroatoms. The standard InChI is InChI=1S/C23H29ClN2O2/c1-5-25(6-2)22(27)19-13-9-17(10-14-19)21(24)18-11-15-20(16-12-18)23(28)26(7-3)8-4/h9-16,21H,5-8H2,1-4H3. The van der Waals surface area contributed by atoms with Crippen LogP contribution in [0.5, 0.6) is 0 Å². The molecule has 28 heavy (non-hydrogen) atoms. The summed E-state index contributed by atoms with van der Waals surface area (Å²) >= 11 is 6.64. The van der Waals surface area contributed by atoms with E-state index in [1.54, 1.807) is 9.80 Å². The Morgan fingerprint density at radius 3 is 1.21 bits per heavy atom. The average Bonchev–Trinajstić information content (AvgIpc) is 2.75. The molecular formula is C23H29ClN2O2. The van der Waals surface area contributed by atoms with Gasteiger partial charge in [0, 0.05) is 37.3 Å². The normalized spacial score (nSPS) is 10.8. The number of carbonyl (C=O) groups is 2. The predicted octanol–water partition coefficient (Wildman–Crippen LogP) is 4.98. The van der Waals surface area contributed by atoms with E-state index in [4.69, 9.17) is 11.6 Å². The lowest BCUT2D eigenvalue weighted by Crippen LogP contribution is -2.30. The van der Waals surface area contributed by atoms with Crippen LogP contribution in [0.25, 0.3) is 0 Å². The Morgan fingerprint density at radius 2 is 0.964 bits per heavy atom. The predicted molar refractivity (Wildman–Crippen MR) is 115 cm³/mol. The lowest BCUT2D eigenvalue weighted by atomic mass is 10.0. The van der Waals surface area contributed by atoms with Crippen LogP contribution in [0.4, 0.5) is 0 Å². The van der Waals surface area contributed by atoms with Crippen molar-refractivity contribution in [2.45, 2.75) is 33.1 Å². The highest BCUT2D eigenvalue weighted by Crippen LogP contribution is 2.29. The van der Waals surface area contributed by atoms with Gasteiger partial charge in [-0.25, -0.2) is 0 Å². The van der Waals surface area contributed by atoms with Gasteiger partial charge in [0.2, 0.25) is 0 Å². The lowest BCUT2D eigenvalue weighted by Gasteiger charge is -2.19. The zero-order chi connectivity index (χ0) is 20.7. The van der Waals surface area contributed by atoms with Crippen molar-refractivity contribution in [1.82, 2.24) is 9.80 Å². The van der Waals surface area contributed by atoms with E-state index in [-0.39, 0.29) is 17.2 Å². The minimum absolute atomic E-state index is 0.0296. The minimum Gasteiger partial charge on any atom is -0.339 e. The lowest BCUT2D eigenvalue weighted by molar-refractivity contribution is 0.0765. The summed E-state index contributed by atoms with van der Waals surface area (Å²) in [5.41, 5.74) is 3.16. The van der Waals surface area contributed by atoms with Gasteiger partial charge in [-0.2, -0.15) is 0 Å². The van der Waals surface area contributed by atoms with E-state index in [0.717, 1.165) is 11.1 Å². The number of amides is 2. The summed E-state index contributed by atoms with van der Waals surface area (Å²) in [4.78, 5) is 28.4. The van der Waals surface area contributed by atoms with Crippen molar-refractivity contribution in [1.29, 1.82) is 0 Å². The Balaban J connectivity index is 2.14. The molecule has 0 saturated heterocycles. The van der Waals surface area contributed by atoms with Gasteiger partial charge < -0.3 is 9.80 Å². The number of benzene rings is 2. The smallest absolute Gasteiger partial charge is 0.253 e. The van der Waals surface area contributed by atoms with Crippen molar-refractivity contribution in [2.24, 2.45) is 0 Å². The fourth-order valence-corrected chi connectivity index (χ4v) is 3.46. The molecule has 0 aliphatic heterocycles. The van der Waals surface area contributed by atoms with Crippen LogP contribution in [0, 0.1) is 0 Å². The fraction of sp³-hybridized carbons (Fsp3) is 0.391. The summed E-state index contributed by atoms with van der Waals surface area (Å²) in [5, 5.41) is -0.338. The van der Waals surface area contributed by atoms with E-state index in [2.05, 4.69) is 0 Å². The van der Waals surface area contributed by atoms with Crippen molar-refractivity contribution >= 4 is 23.4 Å². The van der Waals surface area contributed by atoms with Crippen LogP contribution < -0.4 is 0 Å². The Kier molecular flexibility index (Phi) is 8.06. The second-order valence-electron chi connectivity index (χ2n) is 6.56. The number of rotatable bonds is 8. The third-order valence-electron chi connectivity index (χ3n) is 5.00. The molecule has 0 spiro atoms. The topological polar surface area (TPSA) is 40.6 Å². The molecule has 0 aliphatic carbocycles. The monoisotopic (exact) mass is 400 g/mol. The van der Waals surface area contributed by atoms with Gasteiger partial charge in [0.15, 0.2) is 0 Å². The molecule has 0 unspecified atom stereocenters. The quantitative estimate of drug-likeness (QED) is 0.586. The van der Waals surface area contributed by atoms with Gasteiger partial charge in [-0.15, -0.1) is 11.6 Å². The molecule has 0 aliphatic rings. The zero-order valence-corrected chi connectivity index (χ0v) is 17.9. The zero-order valence-electron chi connectivity index (χ0n) is 17.1. The molecule has 0 bridgehead atoms. The Bertz CT molecular complexity index is 712. The SMILES string of the molecule is CCN(CC)C(=O)c1ccc(C(Cl)c2ccc(C(=O)N(CC)CC)cc2)cc1. The molecule has 0 radical (unpaired) electrons. The maximum atomic E-state index is 12.4. The number of carbonyl (C=O) groups excluding carboxylic acids is 2. The van der Waals surface area contributed by atoms with E-state index in [1.165, 1.54) is 0 Å². The third kappa shape index (κ3) is 4.93. The van der Waals surface area contributed by atoms with Gasteiger partial charge in [-0.1, -0.05) is 24.3 Å². The highest BCUT2D eigenvalue weighted by atomic mass is 35.5. The molecule has 2 amide bonds. The number of halogens is 1. The van der Waals surface area contributed by atoms with Crippen LogP contribution in [0.3, 0.4) is 0 Å². The van der Waals surface area contributed by atoms with Crippen molar-refractivity contribution in [3.05, 3.63) is 70.8 Å². The van der Waals surface area contributed by atoms with E-state index in [9.17, 15) is 9.59 Å². The molecule has 0 fully saturated rings. The highest BCUT2D eigenvalue weighted by molar-refractivity contribution is 6.22. The summed E-state index contributed by atoms with van der Waals surface area (Å²) in [6.45, 7) is 10.6. The number of nitrogens with zero attached hydrogens (tertiary/aromatic N) is 2. The second-order valence-corrected chi connectivity index (χ2v) is 7.00. The van der Waals surface area contributed by atoms with Gasteiger partial charge in [-0.05, 0) is 63.1 Å². The van der Waals surface area contributed by atoms with E-state index >= 15 is 0 Å². The maximum Gasteiger partial charge on any atom is 0.253 e. The Morgan fingerprint density at radius 1 is 0.679 bits per heavy atom. The second kappa shape index (κ2) is 10.3. The Labute approximate surface area is 173 Å². The molecular weight excluding hydrogens is 372 g/mol. The third-order valence-corrected chi connectivity index (χ3v) is 5.51. The maximum absolute atomic E-state index is 12.4. The molecule has 0 atom stereocenters. The number of hydrogen-bond acceptors (Lipinski definition) is 2. The van der Waals surface area contributed by atoms with Gasteiger partial charge >= 0.3 is 0 Å². The van der Waals surface area contributed by atoms with Crippen LogP contribution in [-0.2, 0) is 0 Å². The summed E-state index contributed by atoms with van der Waals surface area (Å²) < 4.78 is 0. The van der Waals surface area contributed by atoms with E-state index in [0.29, 0.717) is 37.3 Å². The largest absolute Gasteiger partial charge is 0.339 e. The van der Waals surface area contributed by atoms with Gasteiger partial charge in [-0.3, -0.25) is 9.59 Å². The van der Waals surface area contributed by atoms with Crippen LogP contribution in [0.15, 0.2) is 48.5 Å². The van der Waals surface area contributed by atoms with E-state index in [1.807, 2.05) is 76.2 Å². The Hall–Kier alpha value is -2.33. The number of hydrogen-bond donors (Lipinski definition) is 0. The van der Waals surface area contributed by atoms with Gasteiger partial charge in [0.1, 0.15) is 0 Å². The molecule has 4 nitrogen and oxygen atoms in total. The first kappa shape index (κ1) is 22.0. The van der Waals surface area contributed by atoms with Gasteiger partial charge in [0.05, 0.1) is 5.38 Å². The van der Waals surface area contributed by atoms with Crippen LogP contribution in [0.1, 0.15) is 64.9 Å². The molecule has 2 aromatic rings. The van der Waals surface area contributed by atoms with E-state index < -0.39 is 0 Å². The first-order valence-electron chi connectivity index (χ1n) is 9.89. The average molecular weight is 401 g/mol. The molecule has 0 aromatic heterocycles. The van der Waals surface area contributed by atoms with Crippen LogP contribution >= 0.6 is 11.6 Å². The van der Waals surface area contributed by atoms with Crippen molar-refractivity contribution < 1.29 is 9.59 Å². The molecule has 0 N–H and O–H groups in total. The fourth-order valence-electron chi connectivity index (χ4n) is 3.17. The van der Waals surface area contributed by atoms with Crippen molar-refractivity contribution in [2.75, 3.05) is 26.2 Å². The van der Waals surface area contributed by atoms with Gasteiger partial charge in [0.25, 0.3) is 11.8 Å².